The number of esters is 1. The molecule has 16 heavy (non-hydrogen) atoms. The van der Waals surface area contributed by atoms with E-state index in [0.29, 0.717) is 0 Å². The molecule has 0 saturated heterocycles. The molecule has 0 spiro atoms. The van der Waals surface area contributed by atoms with Gasteiger partial charge in [-0.05, 0) is 31.2 Å². The summed E-state index contributed by atoms with van der Waals surface area (Å²) < 4.78 is 41.2. The van der Waals surface area contributed by atoms with Crippen molar-refractivity contribution in [2.45, 2.75) is 13.1 Å². The van der Waals surface area contributed by atoms with Crippen molar-refractivity contribution in [3.05, 3.63) is 47.7 Å². The smallest absolute Gasteiger partial charge is 0.416 e. The molecule has 0 atom stereocenters. The molecule has 0 saturated carbocycles. The van der Waals surface area contributed by atoms with E-state index in [0.717, 1.165) is 24.3 Å². The van der Waals surface area contributed by atoms with Gasteiger partial charge in [-0.25, -0.2) is 4.79 Å². The van der Waals surface area contributed by atoms with Gasteiger partial charge in [0.2, 0.25) is 0 Å². The zero-order valence-corrected chi connectivity index (χ0v) is 8.47. The Bertz CT molecular complexity index is 404. The summed E-state index contributed by atoms with van der Waals surface area (Å²) in [5, 5.41) is 0. The lowest BCUT2D eigenvalue weighted by Gasteiger charge is -2.07. The quantitative estimate of drug-likeness (QED) is 0.575. The van der Waals surface area contributed by atoms with Crippen LogP contribution < -0.4 is 0 Å². The van der Waals surface area contributed by atoms with Crippen LogP contribution in [0.25, 0.3) is 0 Å². The second-order valence-electron chi connectivity index (χ2n) is 3.17. The number of ether oxygens (including phenoxy) is 1. The molecule has 0 heterocycles. The summed E-state index contributed by atoms with van der Waals surface area (Å²) in [7, 11) is 0. The van der Waals surface area contributed by atoms with Crippen molar-refractivity contribution >= 4 is 5.97 Å². The monoisotopic (exact) mass is 230 g/mol. The standard InChI is InChI=1S/C11H9F3O2/c1-7(2)16-10(15)8-3-5-9(6-4-8)11(12,13)14/h3-6H,1H2,2H3. The van der Waals surface area contributed by atoms with Gasteiger partial charge in [0.15, 0.2) is 0 Å². The van der Waals surface area contributed by atoms with Gasteiger partial charge >= 0.3 is 12.1 Å². The highest BCUT2D eigenvalue weighted by atomic mass is 19.4. The molecule has 0 bridgehead atoms. The van der Waals surface area contributed by atoms with Gasteiger partial charge in [-0.1, -0.05) is 6.58 Å². The van der Waals surface area contributed by atoms with E-state index in [1.54, 1.807) is 0 Å². The topological polar surface area (TPSA) is 26.3 Å². The molecule has 0 N–H and O–H groups in total. The van der Waals surface area contributed by atoms with E-state index in [1.165, 1.54) is 6.92 Å². The summed E-state index contributed by atoms with van der Waals surface area (Å²) in [4.78, 5) is 11.3. The molecule has 5 heteroatoms. The summed E-state index contributed by atoms with van der Waals surface area (Å²) in [6.07, 6.45) is -4.41. The molecule has 86 valence electrons. The fourth-order valence-electron chi connectivity index (χ4n) is 1.01. The van der Waals surface area contributed by atoms with Gasteiger partial charge in [-0.2, -0.15) is 13.2 Å². The number of allylic oxidation sites excluding steroid dienone is 1. The fourth-order valence-corrected chi connectivity index (χ4v) is 1.01. The average Bonchev–Trinajstić information content (AvgIpc) is 2.15. The Morgan fingerprint density at radius 1 is 1.25 bits per heavy atom. The van der Waals surface area contributed by atoms with E-state index in [9.17, 15) is 18.0 Å². The number of benzene rings is 1. The lowest BCUT2D eigenvalue weighted by Crippen LogP contribution is -2.07. The number of alkyl halides is 3. The first-order valence-electron chi connectivity index (χ1n) is 4.35. The van der Waals surface area contributed by atoms with Gasteiger partial charge in [0, 0.05) is 0 Å². The van der Waals surface area contributed by atoms with E-state index in [-0.39, 0.29) is 11.3 Å². The Kier molecular flexibility index (Phi) is 3.37. The van der Waals surface area contributed by atoms with Crippen LogP contribution in [0.2, 0.25) is 0 Å². The number of hydrogen-bond acceptors (Lipinski definition) is 2. The van der Waals surface area contributed by atoms with E-state index in [4.69, 9.17) is 0 Å². The Morgan fingerprint density at radius 2 is 1.75 bits per heavy atom. The Balaban J connectivity index is 2.87. The molecular weight excluding hydrogens is 221 g/mol. The molecule has 0 aromatic heterocycles. The maximum Gasteiger partial charge on any atom is 0.416 e. The molecule has 1 aromatic rings. The maximum absolute atomic E-state index is 12.2. The predicted octanol–water partition coefficient (Wildman–Crippen LogP) is 3.40. The second kappa shape index (κ2) is 4.38. The zero-order chi connectivity index (χ0) is 12.3. The maximum atomic E-state index is 12.2. The van der Waals surface area contributed by atoms with Crippen molar-refractivity contribution in [2.24, 2.45) is 0 Å². The highest BCUT2D eigenvalue weighted by Gasteiger charge is 2.30. The first-order chi connectivity index (χ1) is 7.30. The Hall–Kier alpha value is -1.78. The molecule has 1 rings (SSSR count). The molecule has 2 nitrogen and oxygen atoms in total. The lowest BCUT2D eigenvalue weighted by molar-refractivity contribution is -0.137. The summed E-state index contributed by atoms with van der Waals surface area (Å²) in [5.41, 5.74) is -0.754. The highest BCUT2D eigenvalue weighted by molar-refractivity contribution is 5.90. The molecule has 1 aromatic carbocycles. The molecular formula is C11H9F3O2. The van der Waals surface area contributed by atoms with Gasteiger partial charge in [-0.3, -0.25) is 0 Å². The SMILES string of the molecule is C=C(C)OC(=O)c1ccc(C(F)(F)F)cc1. The minimum absolute atomic E-state index is 0.0519. The van der Waals surface area contributed by atoms with Crippen LogP contribution in [0.3, 0.4) is 0 Å². The van der Waals surface area contributed by atoms with Crippen molar-refractivity contribution in [1.82, 2.24) is 0 Å². The molecule has 0 aliphatic carbocycles. The Labute approximate surface area is 90.3 Å². The molecule has 0 radical (unpaired) electrons. The highest BCUT2D eigenvalue weighted by Crippen LogP contribution is 2.29. The summed E-state index contributed by atoms with van der Waals surface area (Å²) >= 11 is 0. The van der Waals surface area contributed by atoms with Crippen molar-refractivity contribution in [1.29, 1.82) is 0 Å². The third-order valence-electron chi connectivity index (χ3n) is 1.71. The van der Waals surface area contributed by atoms with Gasteiger partial charge in [0.05, 0.1) is 16.9 Å². The van der Waals surface area contributed by atoms with Crippen molar-refractivity contribution in [2.75, 3.05) is 0 Å². The van der Waals surface area contributed by atoms with Crippen molar-refractivity contribution in [3.8, 4) is 0 Å². The van der Waals surface area contributed by atoms with Crippen LogP contribution in [-0.2, 0) is 10.9 Å². The predicted molar refractivity (Wildman–Crippen MR) is 51.7 cm³/mol. The normalized spacial score (nSPS) is 11.0. The van der Waals surface area contributed by atoms with Gasteiger partial charge in [0.1, 0.15) is 0 Å². The fraction of sp³-hybridized carbons (Fsp3) is 0.182. The van der Waals surface area contributed by atoms with Crippen LogP contribution in [0.1, 0.15) is 22.8 Å². The van der Waals surface area contributed by atoms with Crippen molar-refractivity contribution in [3.63, 3.8) is 0 Å². The first kappa shape index (κ1) is 12.3. The van der Waals surface area contributed by atoms with Crippen LogP contribution in [0, 0.1) is 0 Å². The van der Waals surface area contributed by atoms with Crippen LogP contribution in [-0.4, -0.2) is 5.97 Å². The largest absolute Gasteiger partial charge is 0.428 e. The number of rotatable bonds is 2. The first-order valence-corrected chi connectivity index (χ1v) is 4.35. The third-order valence-corrected chi connectivity index (χ3v) is 1.71. The number of carbonyl (C=O) groups excluding carboxylic acids is 1. The van der Waals surface area contributed by atoms with Gasteiger partial charge in [-0.15, -0.1) is 0 Å². The number of hydrogen-bond donors (Lipinski definition) is 0. The van der Waals surface area contributed by atoms with Crippen LogP contribution in [0.5, 0.6) is 0 Å². The minimum atomic E-state index is -4.41. The third kappa shape index (κ3) is 3.12. The number of carbonyl (C=O) groups is 1. The lowest BCUT2D eigenvalue weighted by atomic mass is 10.1. The molecule has 0 unspecified atom stereocenters. The second-order valence-corrected chi connectivity index (χ2v) is 3.17. The van der Waals surface area contributed by atoms with Gasteiger partial charge in [0.25, 0.3) is 0 Å². The summed E-state index contributed by atoms with van der Waals surface area (Å²) in [6, 6.07) is 3.78. The van der Waals surface area contributed by atoms with E-state index >= 15 is 0 Å². The van der Waals surface area contributed by atoms with Crippen LogP contribution in [0.15, 0.2) is 36.6 Å². The van der Waals surface area contributed by atoms with E-state index < -0.39 is 17.7 Å². The minimum Gasteiger partial charge on any atom is -0.428 e. The molecule has 0 aliphatic heterocycles. The van der Waals surface area contributed by atoms with Crippen LogP contribution >= 0.6 is 0 Å². The molecule has 0 fully saturated rings. The molecule has 0 amide bonds. The van der Waals surface area contributed by atoms with E-state index in [2.05, 4.69) is 11.3 Å². The number of halogens is 3. The van der Waals surface area contributed by atoms with E-state index in [1.807, 2.05) is 0 Å². The van der Waals surface area contributed by atoms with Crippen LogP contribution in [0.4, 0.5) is 13.2 Å². The average molecular weight is 230 g/mol. The zero-order valence-electron chi connectivity index (χ0n) is 8.47. The van der Waals surface area contributed by atoms with Crippen molar-refractivity contribution < 1.29 is 22.7 Å². The molecule has 0 aliphatic rings. The summed E-state index contributed by atoms with van der Waals surface area (Å²) in [6.45, 7) is 4.83. The Morgan fingerprint density at radius 3 is 2.12 bits per heavy atom. The summed E-state index contributed by atoms with van der Waals surface area (Å²) in [5.74, 6) is -0.536. The van der Waals surface area contributed by atoms with Gasteiger partial charge < -0.3 is 4.74 Å².